The number of H-pyrrole nitrogens is 1. The van der Waals surface area contributed by atoms with Crippen LogP contribution in [0, 0.1) is 13.8 Å². The van der Waals surface area contributed by atoms with Crippen LogP contribution >= 0.6 is 0 Å². The molecule has 3 N–H and O–H groups in total. The van der Waals surface area contributed by atoms with Crippen LogP contribution in [0.15, 0.2) is 57.6 Å². The Morgan fingerprint density at radius 3 is 2.61 bits per heavy atom. The second kappa shape index (κ2) is 11.2. The number of nitrogen functional groups attached to an aromatic ring is 1. The Balaban J connectivity index is 1.66. The molecule has 2 aromatic heterocycles. The Kier molecular flexibility index (Phi) is 7.87. The van der Waals surface area contributed by atoms with Gasteiger partial charge in [0.25, 0.3) is 5.56 Å². The number of nitrogens with zero attached hydrogens (tertiary/aromatic N) is 4. The summed E-state index contributed by atoms with van der Waals surface area (Å²) in [6.07, 6.45) is 7.36. The van der Waals surface area contributed by atoms with E-state index in [-0.39, 0.29) is 30.4 Å². The smallest absolute Gasteiger partial charge is 0.330 e. The third kappa shape index (κ3) is 5.84. The van der Waals surface area contributed by atoms with Gasteiger partial charge in [-0.1, -0.05) is 42.0 Å². The molecule has 9 heteroatoms. The molecule has 2 heterocycles. The second-order valence-corrected chi connectivity index (χ2v) is 9.37. The Labute approximate surface area is 210 Å². The van der Waals surface area contributed by atoms with E-state index in [2.05, 4.69) is 16.2 Å². The zero-order chi connectivity index (χ0) is 25.7. The van der Waals surface area contributed by atoms with E-state index in [1.807, 2.05) is 50.2 Å². The SMILES string of the molecule is Cc1cc(C)n(CCC(=O)N(CCC2=CCCCC2)c2c(N)n(Cc3ccccc3)c(=O)[nH]c2=O)n1. The average Bonchev–Trinajstić information content (AvgIpc) is 3.20. The number of anilines is 2. The molecule has 9 nitrogen and oxygen atoms in total. The summed E-state index contributed by atoms with van der Waals surface area (Å²) in [5.74, 6) is -0.245. The number of rotatable bonds is 9. The molecule has 0 atom stereocenters. The number of hydrogen-bond donors (Lipinski definition) is 2. The lowest BCUT2D eigenvalue weighted by atomic mass is 9.97. The molecule has 0 fully saturated rings. The summed E-state index contributed by atoms with van der Waals surface area (Å²) >= 11 is 0. The molecular weight excluding hydrogens is 456 g/mol. The molecule has 0 radical (unpaired) electrons. The fraction of sp³-hybridized carbons (Fsp3) is 0.407. The molecule has 0 spiro atoms. The maximum absolute atomic E-state index is 13.5. The standard InChI is InChI=1S/C27H34N6O3/c1-19-17-20(2)33(30-19)16-14-23(34)31(15-13-21-9-5-3-6-10-21)24-25(28)32(27(36)29-26(24)35)18-22-11-7-4-8-12-22/h4,7-9,11-12,17H,3,5-6,10,13-16,18,28H2,1-2H3,(H,29,35,36). The largest absolute Gasteiger partial charge is 0.383 e. The highest BCUT2D eigenvalue weighted by Gasteiger charge is 2.25. The minimum absolute atomic E-state index is 0.00955. The molecule has 190 valence electrons. The molecule has 4 rings (SSSR count). The number of carbonyl (C=O) groups is 1. The normalized spacial score (nSPS) is 13.4. The van der Waals surface area contributed by atoms with Crippen LogP contribution in [0.3, 0.4) is 0 Å². The number of hydrogen-bond acceptors (Lipinski definition) is 5. The van der Waals surface area contributed by atoms with E-state index in [4.69, 9.17) is 5.73 Å². The van der Waals surface area contributed by atoms with Crippen molar-refractivity contribution in [3.05, 3.63) is 85.8 Å². The lowest BCUT2D eigenvalue weighted by Gasteiger charge is -2.26. The zero-order valence-corrected chi connectivity index (χ0v) is 21.0. The Morgan fingerprint density at radius 1 is 1.17 bits per heavy atom. The molecule has 0 saturated carbocycles. The fourth-order valence-corrected chi connectivity index (χ4v) is 4.75. The van der Waals surface area contributed by atoms with Crippen molar-refractivity contribution in [3.8, 4) is 0 Å². The Hall–Kier alpha value is -3.88. The number of aromatic nitrogens is 4. The third-order valence-electron chi connectivity index (χ3n) is 6.65. The van der Waals surface area contributed by atoms with E-state index in [9.17, 15) is 14.4 Å². The number of amides is 1. The minimum atomic E-state index is -0.654. The van der Waals surface area contributed by atoms with Gasteiger partial charge >= 0.3 is 5.69 Å². The molecule has 1 aliphatic rings. The predicted molar refractivity (Wildman–Crippen MR) is 141 cm³/mol. The molecule has 0 bridgehead atoms. The van der Waals surface area contributed by atoms with Crippen LogP contribution < -0.4 is 21.9 Å². The van der Waals surface area contributed by atoms with Gasteiger partial charge in [-0.05, 0) is 57.6 Å². The predicted octanol–water partition coefficient (Wildman–Crippen LogP) is 3.29. The minimum Gasteiger partial charge on any atom is -0.383 e. The van der Waals surface area contributed by atoms with Crippen LogP contribution in [0.1, 0.15) is 55.5 Å². The first kappa shape index (κ1) is 25.2. The van der Waals surface area contributed by atoms with Gasteiger partial charge < -0.3 is 10.6 Å². The Morgan fingerprint density at radius 2 is 1.94 bits per heavy atom. The van der Waals surface area contributed by atoms with Gasteiger partial charge in [0.05, 0.1) is 12.2 Å². The van der Waals surface area contributed by atoms with Crippen molar-refractivity contribution in [2.75, 3.05) is 17.2 Å². The molecule has 0 saturated heterocycles. The van der Waals surface area contributed by atoms with Crippen molar-refractivity contribution < 1.29 is 4.79 Å². The average molecular weight is 491 g/mol. The molecule has 0 aliphatic heterocycles. The lowest BCUT2D eigenvalue weighted by molar-refractivity contribution is -0.118. The summed E-state index contributed by atoms with van der Waals surface area (Å²) in [6, 6.07) is 11.3. The fourth-order valence-electron chi connectivity index (χ4n) is 4.75. The van der Waals surface area contributed by atoms with Crippen molar-refractivity contribution in [1.82, 2.24) is 19.3 Å². The van der Waals surface area contributed by atoms with Crippen LogP contribution in [0.2, 0.25) is 0 Å². The number of allylic oxidation sites excluding steroid dienone is 1. The number of nitrogens with one attached hydrogen (secondary N) is 1. The summed E-state index contributed by atoms with van der Waals surface area (Å²) < 4.78 is 3.10. The van der Waals surface area contributed by atoms with Gasteiger partial charge in [-0.3, -0.25) is 23.8 Å². The second-order valence-electron chi connectivity index (χ2n) is 9.37. The van der Waals surface area contributed by atoms with Gasteiger partial charge in [0.15, 0.2) is 5.69 Å². The molecular formula is C27H34N6O3. The molecule has 1 aromatic carbocycles. The van der Waals surface area contributed by atoms with E-state index in [1.54, 1.807) is 4.68 Å². The van der Waals surface area contributed by atoms with Crippen LogP contribution in [-0.4, -0.2) is 31.8 Å². The van der Waals surface area contributed by atoms with Crippen LogP contribution in [-0.2, 0) is 17.9 Å². The highest BCUT2D eigenvalue weighted by atomic mass is 16.2. The van der Waals surface area contributed by atoms with Crippen molar-refractivity contribution >= 4 is 17.4 Å². The van der Waals surface area contributed by atoms with Crippen molar-refractivity contribution in [2.45, 2.75) is 65.5 Å². The first-order chi connectivity index (χ1) is 17.3. The summed E-state index contributed by atoms with van der Waals surface area (Å²) in [4.78, 5) is 43.1. The van der Waals surface area contributed by atoms with Crippen molar-refractivity contribution in [1.29, 1.82) is 0 Å². The quantitative estimate of drug-likeness (QED) is 0.446. The van der Waals surface area contributed by atoms with Crippen LogP contribution in [0.25, 0.3) is 0 Å². The number of benzene rings is 1. The summed E-state index contributed by atoms with van der Waals surface area (Å²) in [6.45, 7) is 4.75. The van der Waals surface area contributed by atoms with Gasteiger partial charge in [-0.15, -0.1) is 0 Å². The summed E-state index contributed by atoms with van der Waals surface area (Å²) in [5, 5.41) is 4.44. The summed E-state index contributed by atoms with van der Waals surface area (Å²) in [5.41, 5.74) is 9.20. The first-order valence-corrected chi connectivity index (χ1v) is 12.5. The van der Waals surface area contributed by atoms with E-state index in [1.165, 1.54) is 21.5 Å². The zero-order valence-electron chi connectivity index (χ0n) is 21.0. The highest BCUT2D eigenvalue weighted by Crippen LogP contribution is 2.24. The van der Waals surface area contributed by atoms with Crippen LogP contribution in [0.4, 0.5) is 11.5 Å². The van der Waals surface area contributed by atoms with Gasteiger partial charge in [-0.2, -0.15) is 5.10 Å². The maximum atomic E-state index is 13.5. The van der Waals surface area contributed by atoms with E-state index >= 15 is 0 Å². The summed E-state index contributed by atoms with van der Waals surface area (Å²) in [7, 11) is 0. The van der Waals surface area contributed by atoms with E-state index < -0.39 is 11.2 Å². The van der Waals surface area contributed by atoms with E-state index in [0.29, 0.717) is 19.5 Å². The number of nitrogens with two attached hydrogens (primary N) is 1. The molecule has 36 heavy (non-hydrogen) atoms. The van der Waals surface area contributed by atoms with Crippen molar-refractivity contribution in [2.24, 2.45) is 0 Å². The molecule has 3 aromatic rings. The Bertz CT molecular complexity index is 1370. The molecule has 1 aliphatic carbocycles. The number of aryl methyl sites for hydroxylation is 3. The monoisotopic (exact) mass is 490 g/mol. The van der Waals surface area contributed by atoms with Gasteiger partial charge in [0, 0.05) is 25.2 Å². The number of carbonyl (C=O) groups excluding carboxylic acids is 1. The van der Waals surface area contributed by atoms with E-state index in [0.717, 1.165) is 36.2 Å². The molecule has 0 unspecified atom stereocenters. The van der Waals surface area contributed by atoms with Gasteiger partial charge in [0.2, 0.25) is 5.91 Å². The third-order valence-corrected chi connectivity index (χ3v) is 6.65. The van der Waals surface area contributed by atoms with Crippen molar-refractivity contribution in [3.63, 3.8) is 0 Å². The number of aromatic amines is 1. The lowest BCUT2D eigenvalue weighted by Crippen LogP contribution is -2.42. The van der Waals surface area contributed by atoms with Gasteiger partial charge in [0.1, 0.15) is 5.82 Å². The maximum Gasteiger partial charge on any atom is 0.330 e. The van der Waals surface area contributed by atoms with Gasteiger partial charge in [-0.25, -0.2) is 4.79 Å². The molecule has 1 amide bonds. The highest BCUT2D eigenvalue weighted by molar-refractivity contribution is 5.95. The van der Waals surface area contributed by atoms with Crippen LogP contribution in [0.5, 0.6) is 0 Å². The topological polar surface area (TPSA) is 119 Å². The first-order valence-electron chi connectivity index (χ1n) is 12.5.